The fraction of sp³-hybridized carbons (Fsp3) is 0.471. The average Bonchev–Trinajstić information content (AvgIpc) is 2.78. The Bertz CT molecular complexity index is 497. The van der Waals surface area contributed by atoms with Crippen molar-refractivity contribution in [3.05, 3.63) is 42.0 Å². The van der Waals surface area contributed by atoms with Gasteiger partial charge in [0.15, 0.2) is 5.60 Å². The lowest BCUT2D eigenvalue weighted by atomic mass is 9.76. The van der Waals surface area contributed by atoms with E-state index in [-0.39, 0.29) is 5.78 Å². The first-order chi connectivity index (χ1) is 9.20. The van der Waals surface area contributed by atoms with Gasteiger partial charge in [0.05, 0.1) is 0 Å². The molecule has 2 aliphatic rings. The quantitative estimate of drug-likeness (QED) is 0.800. The maximum atomic E-state index is 12.4. The maximum Gasteiger partial charge on any atom is 0.202 e. The molecule has 0 bridgehead atoms. The number of hydrogen-bond donors (Lipinski definition) is 0. The van der Waals surface area contributed by atoms with Gasteiger partial charge in [-0.3, -0.25) is 4.79 Å². The lowest BCUT2D eigenvalue weighted by Gasteiger charge is -2.35. The summed E-state index contributed by atoms with van der Waals surface area (Å²) in [5.74, 6) is 1.24. The van der Waals surface area contributed by atoms with Crippen LogP contribution in [0, 0.1) is 5.92 Å². The molecule has 1 fully saturated rings. The van der Waals surface area contributed by atoms with E-state index in [1.54, 1.807) is 6.08 Å². The highest BCUT2D eigenvalue weighted by atomic mass is 16.5. The van der Waals surface area contributed by atoms with Crippen molar-refractivity contribution in [2.45, 2.75) is 44.6 Å². The van der Waals surface area contributed by atoms with Crippen LogP contribution in [-0.2, 0) is 9.53 Å². The van der Waals surface area contributed by atoms with Crippen molar-refractivity contribution in [2.24, 2.45) is 5.92 Å². The Hall–Kier alpha value is -1.57. The van der Waals surface area contributed by atoms with Crippen LogP contribution in [0.3, 0.4) is 0 Å². The van der Waals surface area contributed by atoms with Crippen LogP contribution in [-0.4, -0.2) is 11.4 Å². The molecule has 0 amide bonds. The van der Waals surface area contributed by atoms with Gasteiger partial charge in [0.25, 0.3) is 0 Å². The number of hydrogen-bond acceptors (Lipinski definition) is 2. The van der Waals surface area contributed by atoms with Gasteiger partial charge in [-0.25, -0.2) is 0 Å². The zero-order chi connectivity index (χ0) is 13.3. The molecule has 3 rings (SSSR count). The molecule has 0 N–H and O–H groups in total. The molecule has 0 spiro atoms. The Balaban J connectivity index is 1.83. The van der Waals surface area contributed by atoms with Crippen LogP contribution in [0.25, 0.3) is 5.76 Å². The summed E-state index contributed by atoms with van der Waals surface area (Å²) < 4.78 is 6.10. The summed E-state index contributed by atoms with van der Waals surface area (Å²) in [4.78, 5) is 12.4. The summed E-state index contributed by atoms with van der Waals surface area (Å²) in [7, 11) is 0. The molecule has 1 saturated carbocycles. The van der Waals surface area contributed by atoms with Crippen molar-refractivity contribution in [1.82, 2.24) is 0 Å². The van der Waals surface area contributed by atoms with Crippen LogP contribution in [0.2, 0.25) is 0 Å². The van der Waals surface area contributed by atoms with Gasteiger partial charge < -0.3 is 4.74 Å². The Morgan fingerprint density at radius 1 is 1.11 bits per heavy atom. The van der Waals surface area contributed by atoms with Gasteiger partial charge in [0.1, 0.15) is 5.76 Å². The van der Waals surface area contributed by atoms with E-state index in [1.807, 2.05) is 37.3 Å². The predicted octanol–water partition coefficient (Wildman–Crippen LogP) is 3.97. The first kappa shape index (κ1) is 12.5. The van der Waals surface area contributed by atoms with E-state index < -0.39 is 5.60 Å². The Morgan fingerprint density at radius 3 is 2.47 bits per heavy atom. The van der Waals surface area contributed by atoms with Gasteiger partial charge in [0, 0.05) is 17.6 Å². The molecule has 100 valence electrons. The predicted molar refractivity (Wildman–Crippen MR) is 75.5 cm³/mol. The minimum Gasteiger partial charge on any atom is -0.478 e. The molecule has 2 heteroatoms. The van der Waals surface area contributed by atoms with Crippen molar-refractivity contribution in [3.63, 3.8) is 0 Å². The van der Waals surface area contributed by atoms with E-state index in [4.69, 9.17) is 4.74 Å². The van der Waals surface area contributed by atoms with E-state index in [2.05, 4.69) is 0 Å². The lowest BCUT2D eigenvalue weighted by Crippen LogP contribution is -2.42. The third kappa shape index (κ3) is 2.20. The third-order valence-corrected chi connectivity index (χ3v) is 4.52. The highest BCUT2D eigenvalue weighted by molar-refractivity contribution is 6.05. The highest BCUT2D eigenvalue weighted by Crippen LogP contribution is 2.42. The largest absolute Gasteiger partial charge is 0.478 e. The summed E-state index contributed by atoms with van der Waals surface area (Å²) in [6.45, 7) is 1.97. The van der Waals surface area contributed by atoms with Crippen molar-refractivity contribution in [3.8, 4) is 0 Å². The topological polar surface area (TPSA) is 26.3 Å². The van der Waals surface area contributed by atoms with Crippen LogP contribution in [0.15, 0.2) is 36.4 Å². The van der Waals surface area contributed by atoms with E-state index in [0.717, 1.165) is 24.2 Å². The number of benzene rings is 1. The van der Waals surface area contributed by atoms with Crippen molar-refractivity contribution in [1.29, 1.82) is 0 Å². The number of carbonyl (C=O) groups excluding carboxylic acids is 1. The maximum absolute atomic E-state index is 12.4. The van der Waals surface area contributed by atoms with Crippen LogP contribution < -0.4 is 0 Å². The van der Waals surface area contributed by atoms with Crippen molar-refractivity contribution in [2.75, 3.05) is 0 Å². The molecular formula is C17H20O2. The third-order valence-electron chi connectivity index (χ3n) is 4.52. The second-order valence-corrected chi connectivity index (χ2v) is 5.78. The van der Waals surface area contributed by atoms with Gasteiger partial charge in [-0.05, 0) is 19.8 Å². The molecule has 1 unspecified atom stereocenters. The normalized spacial score (nSPS) is 28.1. The SMILES string of the molecule is CC1(C2CCCCC2)OC(c2ccccc2)=CC1=O. The van der Waals surface area contributed by atoms with Gasteiger partial charge in [-0.1, -0.05) is 49.6 Å². The van der Waals surface area contributed by atoms with E-state index in [1.165, 1.54) is 19.3 Å². The minimum atomic E-state index is -0.633. The smallest absolute Gasteiger partial charge is 0.202 e. The molecular weight excluding hydrogens is 236 g/mol. The standard InChI is InChI=1S/C17H20O2/c1-17(14-10-6-3-7-11-14)16(18)12-15(19-17)13-8-4-2-5-9-13/h2,4-5,8-9,12,14H,3,6-7,10-11H2,1H3. The molecule has 1 aliphatic heterocycles. The Kier molecular flexibility index (Phi) is 3.17. The van der Waals surface area contributed by atoms with Crippen LogP contribution in [0.1, 0.15) is 44.6 Å². The van der Waals surface area contributed by atoms with Gasteiger partial charge in [-0.2, -0.15) is 0 Å². The summed E-state index contributed by atoms with van der Waals surface area (Å²) in [6, 6.07) is 9.90. The summed E-state index contributed by atoms with van der Waals surface area (Å²) in [5, 5.41) is 0. The molecule has 0 saturated heterocycles. The Morgan fingerprint density at radius 2 is 1.79 bits per heavy atom. The number of ketones is 1. The molecule has 2 nitrogen and oxygen atoms in total. The lowest BCUT2D eigenvalue weighted by molar-refractivity contribution is -0.133. The molecule has 0 radical (unpaired) electrons. The monoisotopic (exact) mass is 256 g/mol. The average molecular weight is 256 g/mol. The summed E-state index contributed by atoms with van der Waals surface area (Å²) in [6.07, 6.45) is 7.63. The van der Waals surface area contributed by atoms with Crippen LogP contribution in [0.5, 0.6) is 0 Å². The fourth-order valence-corrected chi connectivity index (χ4v) is 3.25. The van der Waals surface area contributed by atoms with Crippen molar-refractivity contribution >= 4 is 11.5 Å². The highest BCUT2D eigenvalue weighted by Gasteiger charge is 2.46. The first-order valence-corrected chi connectivity index (χ1v) is 7.21. The number of ether oxygens (including phenoxy) is 1. The zero-order valence-corrected chi connectivity index (χ0v) is 11.4. The molecule has 1 heterocycles. The zero-order valence-electron chi connectivity index (χ0n) is 11.4. The molecule has 1 atom stereocenters. The van der Waals surface area contributed by atoms with Gasteiger partial charge in [-0.15, -0.1) is 0 Å². The van der Waals surface area contributed by atoms with Gasteiger partial charge in [0.2, 0.25) is 5.78 Å². The van der Waals surface area contributed by atoms with E-state index in [0.29, 0.717) is 5.92 Å². The van der Waals surface area contributed by atoms with Crippen LogP contribution >= 0.6 is 0 Å². The number of carbonyl (C=O) groups is 1. The van der Waals surface area contributed by atoms with Gasteiger partial charge >= 0.3 is 0 Å². The Labute approximate surface area is 114 Å². The van der Waals surface area contributed by atoms with E-state index >= 15 is 0 Å². The first-order valence-electron chi connectivity index (χ1n) is 7.21. The molecule has 1 aliphatic carbocycles. The molecule has 1 aromatic rings. The second-order valence-electron chi connectivity index (χ2n) is 5.78. The number of rotatable bonds is 2. The van der Waals surface area contributed by atoms with E-state index in [9.17, 15) is 4.79 Å². The molecule has 19 heavy (non-hydrogen) atoms. The molecule has 1 aromatic carbocycles. The van der Waals surface area contributed by atoms with Crippen molar-refractivity contribution < 1.29 is 9.53 Å². The second kappa shape index (κ2) is 4.84. The fourth-order valence-electron chi connectivity index (χ4n) is 3.25. The summed E-state index contributed by atoms with van der Waals surface area (Å²) >= 11 is 0. The van der Waals surface area contributed by atoms with Crippen LogP contribution in [0.4, 0.5) is 0 Å². The minimum absolute atomic E-state index is 0.137. The molecule has 0 aromatic heterocycles. The summed E-state index contributed by atoms with van der Waals surface area (Å²) in [5.41, 5.74) is 0.362.